The first-order valence-electron chi connectivity index (χ1n) is 5.96. The number of hydrogen-bond donors (Lipinski definition) is 1. The number of benzene rings is 1. The van der Waals surface area contributed by atoms with Gasteiger partial charge in [0.25, 0.3) is 0 Å². The second-order valence-electron chi connectivity index (χ2n) is 4.65. The molecule has 0 aliphatic rings. The van der Waals surface area contributed by atoms with Crippen LogP contribution in [0.2, 0.25) is 0 Å². The molecule has 1 aromatic heterocycles. The van der Waals surface area contributed by atoms with Crippen molar-refractivity contribution in [2.75, 3.05) is 44.9 Å². The summed E-state index contributed by atoms with van der Waals surface area (Å²) >= 11 is 0. The number of likely N-dealkylation sites (N-methyl/N-ethyl adjacent to an activating group) is 2. The second-order valence-corrected chi connectivity index (χ2v) is 4.65. The molecule has 5 heteroatoms. The Bertz CT molecular complexity index is 538. The van der Waals surface area contributed by atoms with E-state index in [0.29, 0.717) is 5.82 Å². The van der Waals surface area contributed by atoms with Crippen LogP contribution in [-0.2, 0) is 0 Å². The predicted octanol–water partition coefficient (Wildman–Crippen LogP) is 1.21. The molecule has 5 nitrogen and oxygen atoms in total. The standard InChI is InChI=1S/C13H19N5/c1-17(2)8-9-18(3)13-12(14)15-10-6-4-5-7-11(10)16-13/h4-7H,8-9H2,1-3H3,(H2,14,15). The molecular weight excluding hydrogens is 226 g/mol. The van der Waals surface area contributed by atoms with Gasteiger partial charge in [-0.1, -0.05) is 12.1 Å². The minimum Gasteiger partial charge on any atom is -0.381 e. The summed E-state index contributed by atoms with van der Waals surface area (Å²) in [6, 6.07) is 7.76. The highest BCUT2D eigenvalue weighted by molar-refractivity contribution is 5.79. The van der Waals surface area contributed by atoms with Crippen LogP contribution in [0.1, 0.15) is 0 Å². The maximum Gasteiger partial charge on any atom is 0.171 e. The van der Waals surface area contributed by atoms with E-state index in [4.69, 9.17) is 5.73 Å². The lowest BCUT2D eigenvalue weighted by Crippen LogP contribution is -2.29. The molecule has 96 valence electrons. The minimum atomic E-state index is 0.481. The molecule has 0 bridgehead atoms. The quantitative estimate of drug-likeness (QED) is 0.877. The van der Waals surface area contributed by atoms with Crippen LogP contribution in [0.25, 0.3) is 11.0 Å². The Morgan fingerprint density at radius 2 is 1.61 bits per heavy atom. The highest BCUT2D eigenvalue weighted by atomic mass is 15.2. The van der Waals surface area contributed by atoms with Crippen LogP contribution in [0, 0.1) is 0 Å². The molecule has 0 aliphatic heterocycles. The van der Waals surface area contributed by atoms with E-state index in [1.165, 1.54) is 0 Å². The zero-order valence-corrected chi connectivity index (χ0v) is 11.1. The van der Waals surface area contributed by atoms with Gasteiger partial charge in [0.15, 0.2) is 11.6 Å². The van der Waals surface area contributed by atoms with E-state index in [1.54, 1.807) is 0 Å². The number of nitrogen functional groups attached to an aromatic ring is 1. The molecule has 0 saturated heterocycles. The summed E-state index contributed by atoms with van der Waals surface area (Å²) in [6.07, 6.45) is 0. The zero-order valence-electron chi connectivity index (χ0n) is 11.1. The van der Waals surface area contributed by atoms with Crippen molar-refractivity contribution in [2.24, 2.45) is 0 Å². The van der Waals surface area contributed by atoms with Crippen LogP contribution in [0.3, 0.4) is 0 Å². The first kappa shape index (κ1) is 12.6. The molecule has 2 N–H and O–H groups in total. The van der Waals surface area contributed by atoms with Gasteiger partial charge in [-0.15, -0.1) is 0 Å². The summed E-state index contributed by atoms with van der Waals surface area (Å²) in [5.41, 5.74) is 7.67. The fraction of sp³-hybridized carbons (Fsp3) is 0.385. The second kappa shape index (κ2) is 5.18. The van der Waals surface area contributed by atoms with Gasteiger partial charge in [-0.05, 0) is 26.2 Å². The Morgan fingerprint density at radius 3 is 2.22 bits per heavy atom. The topological polar surface area (TPSA) is 58.3 Å². The SMILES string of the molecule is CN(C)CCN(C)c1nc2ccccc2nc1N. The third-order valence-corrected chi connectivity index (χ3v) is 2.82. The average Bonchev–Trinajstić information content (AvgIpc) is 2.35. The number of nitrogens with zero attached hydrogens (tertiary/aromatic N) is 4. The van der Waals surface area contributed by atoms with Crippen LogP contribution >= 0.6 is 0 Å². The molecule has 0 fully saturated rings. The number of rotatable bonds is 4. The number of hydrogen-bond acceptors (Lipinski definition) is 5. The van der Waals surface area contributed by atoms with Gasteiger partial charge in [-0.25, -0.2) is 9.97 Å². The minimum absolute atomic E-state index is 0.481. The molecule has 0 radical (unpaired) electrons. The van der Waals surface area contributed by atoms with Gasteiger partial charge in [0.05, 0.1) is 11.0 Å². The lowest BCUT2D eigenvalue weighted by atomic mass is 10.3. The summed E-state index contributed by atoms with van der Waals surface area (Å²) in [6.45, 7) is 1.81. The summed E-state index contributed by atoms with van der Waals surface area (Å²) in [4.78, 5) is 13.1. The highest BCUT2D eigenvalue weighted by Crippen LogP contribution is 2.20. The van der Waals surface area contributed by atoms with Crippen molar-refractivity contribution in [1.82, 2.24) is 14.9 Å². The average molecular weight is 245 g/mol. The van der Waals surface area contributed by atoms with Gasteiger partial charge in [0.2, 0.25) is 0 Å². The molecule has 18 heavy (non-hydrogen) atoms. The van der Waals surface area contributed by atoms with Gasteiger partial charge < -0.3 is 15.5 Å². The number of anilines is 2. The molecular formula is C13H19N5. The van der Waals surface area contributed by atoms with Crippen molar-refractivity contribution in [3.63, 3.8) is 0 Å². The first-order valence-corrected chi connectivity index (χ1v) is 5.96. The first-order chi connectivity index (χ1) is 8.58. The van der Waals surface area contributed by atoms with Gasteiger partial charge in [-0.3, -0.25) is 0 Å². The fourth-order valence-electron chi connectivity index (χ4n) is 1.74. The van der Waals surface area contributed by atoms with Crippen molar-refractivity contribution >= 4 is 22.7 Å². The molecule has 2 rings (SSSR count). The predicted molar refractivity (Wildman–Crippen MR) is 75.8 cm³/mol. The van der Waals surface area contributed by atoms with Gasteiger partial charge >= 0.3 is 0 Å². The molecule has 2 aromatic rings. The largest absolute Gasteiger partial charge is 0.381 e. The number of nitrogens with two attached hydrogens (primary N) is 1. The van der Waals surface area contributed by atoms with Crippen molar-refractivity contribution in [2.45, 2.75) is 0 Å². The van der Waals surface area contributed by atoms with E-state index in [1.807, 2.05) is 50.3 Å². The van der Waals surface area contributed by atoms with Gasteiger partial charge in [0.1, 0.15) is 0 Å². The van der Waals surface area contributed by atoms with E-state index < -0.39 is 0 Å². The highest BCUT2D eigenvalue weighted by Gasteiger charge is 2.10. The molecule has 0 unspecified atom stereocenters. The van der Waals surface area contributed by atoms with Crippen LogP contribution in [0.4, 0.5) is 11.6 Å². The van der Waals surface area contributed by atoms with Crippen LogP contribution in [-0.4, -0.2) is 49.1 Å². The molecule has 1 heterocycles. The number of fused-ring (bicyclic) bond motifs is 1. The smallest absolute Gasteiger partial charge is 0.171 e. The summed E-state index contributed by atoms with van der Waals surface area (Å²) in [5.74, 6) is 1.23. The lowest BCUT2D eigenvalue weighted by molar-refractivity contribution is 0.416. The van der Waals surface area contributed by atoms with Crippen LogP contribution in [0.5, 0.6) is 0 Å². The van der Waals surface area contributed by atoms with Gasteiger partial charge in [-0.2, -0.15) is 0 Å². The van der Waals surface area contributed by atoms with E-state index in [2.05, 4.69) is 14.9 Å². The lowest BCUT2D eigenvalue weighted by Gasteiger charge is -2.21. The Balaban J connectivity index is 2.29. The molecule has 0 spiro atoms. The summed E-state index contributed by atoms with van der Waals surface area (Å²) in [5, 5.41) is 0. The molecule has 0 atom stereocenters. The maximum absolute atomic E-state index is 5.97. The number of para-hydroxylation sites is 2. The van der Waals surface area contributed by atoms with E-state index in [0.717, 1.165) is 29.9 Å². The molecule has 1 aromatic carbocycles. The molecule has 0 saturated carbocycles. The van der Waals surface area contributed by atoms with Crippen molar-refractivity contribution < 1.29 is 0 Å². The third-order valence-electron chi connectivity index (χ3n) is 2.82. The zero-order chi connectivity index (χ0) is 13.1. The van der Waals surface area contributed by atoms with Crippen molar-refractivity contribution in [3.05, 3.63) is 24.3 Å². The van der Waals surface area contributed by atoms with E-state index in [9.17, 15) is 0 Å². The Hall–Kier alpha value is -1.88. The van der Waals surface area contributed by atoms with Crippen LogP contribution < -0.4 is 10.6 Å². The Kier molecular flexibility index (Phi) is 3.62. The van der Waals surface area contributed by atoms with Crippen LogP contribution in [0.15, 0.2) is 24.3 Å². The maximum atomic E-state index is 5.97. The molecule has 0 aliphatic carbocycles. The third kappa shape index (κ3) is 2.68. The van der Waals surface area contributed by atoms with E-state index >= 15 is 0 Å². The summed E-state index contributed by atoms with van der Waals surface area (Å²) in [7, 11) is 6.07. The fourth-order valence-corrected chi connectivity index (χ4v) is 1.74. The number of aromatic nitrogens is 2. The normalized spacial score (nSPS) is 11.1. The Labute approximate surface area is 107 Å². The molecule has 0 amide bonds. The van der Waals surface area contributed by atoms with Crippen molar-refractivity contribution in [3.8, 4) is 0 Å². The van der Waals surface area contributed by atoms with Crippen molar-refractivity contribution in [1.29, 1.82) is 0 Å². The monoisotopic (exact) mass is 245 g/mol. The summed E-state index contributed by atoms with van der Waals surface area (Å²) < 4.78 is 0. The van der Waals surface area contributed by atoms with E-state index in [-0.39, 0.29) is 0 Å². The Morgan fingerprint density at radius 1 is 1.00 bits per heavy atom. The van der Waals surface area contributed by atoms with Gasteiger partial charge in [0, 0.05) is 20.1 Å².